The maximum absolute atomic E-state index is 12.8. The van der Waals surface area contributed by atoms with Crippen molar-refractivity contribution in [1.29, 1.82) is 0 Å². The molecule has 26 heavy (non-hydrogen) atoms. The number of hydrogen-bond donors (Lipinski definition) is 2. The zero-order chi connectivity index (χ0) is 18.9. The van der Waals surface area contributed by atoms with Crippen LogP contribution >= 0.6 is 22.6 Å². The van der Waals surface area contributed by atoms with Gasteiger partial charge in [0, 0.05) is 9.26 Å². The van der Waals surface area contributed by atoms with E-state index in [1.807, 2.05) is 43.3 Å². The van der Waals surface area contributed by atoms with Crippen LogP contribution in [0.5, 0.6) is 0 Å². The molecule has 2 aromatic rings. The van der Waals surface area contributed by atoms with E-state index in [1.165, 1.54) is 0 Å². The molecule has 3 rings (SSSR count). The van der Waals surface area contributed by atoms with Gasteiger partial charge in [-0.1, -0.05) is 29.8 Å². The average Bonchev–Trinajstić information content (AvgIpc) is 2.82. The van der Waals surface area contributed by atoms with Crippen LogP contribution < -0.4 is 10.6 Å². The van der Waals surface area contributed by atoms with Gasteiger partial charge in [0.2, 0.25) is 5.91 Å². The second-order valence-electron chi connectivity index (χ2n) is 6.37. The highest BCUT2D eigenvalue weighted by atomic mass is 127. The number of carbonyl (C=O) groups is 3. The number of halogens is 1. The van der Waals surface area contributed by atoms with Gasteiger partial charge in [-0.2, -0.15) is 0 Å². The van der Waals surface area contributed by atoms with Crippen LogP contribution in [0.15, 0.2) is 48.5 Å². The van der Waals surface area contributed by atoms with Crippen molar-refractivity contribution in [3.63, 3.8) is 0 Å². The standard InChI is InChI=1S/C19H18IN3O3/c1-12-3-5-13(6-4-12)19(2)17(25)23(18(26)22-19)11-16(24)21-15-9-7-14(20)8-10-15/h3-10H,11H2,1-2H3,(H,21,24)(H,22,26). The molecule has 0 radical (unpaired) electrons. The second-order valence-corrected chi connectivity index (χ2v) is 7.61. The molecule has 7 heteroatoms. The van der Waals surface area contributed by atoms with E-state index in [1.54, 1.807) is 19.1 Å². The van der Waals surface area contributed by atoms with Crippen LogP contribution in [0, 0.1) is 10.5 Å². The Bertz CT molecular complexity index is 865. The van der Waals surface area contributed by atoms with E-state index in [9.17, 15) is 14.4 Å². The Morgan fingerprint density at radius 2 is 1.73 bits per heavy atom. The van der Waals surface area contributed by atoms with Gasteiger partial charge in [-0.05, 0) is 66.3 Å². The molecule has 0 saturated carbocycles. The lowest BCUT2D eigenvalue weighted by Gasteiger charge is -2.22. The molecular weight excluding hydrogens is 445 g/mol. The fourth-order valence-corrected chi connectivity index (χ4v) is 3.16. The SMILES string of the molecule is Cc1ccc(C2(C)NC(=O)N(CC(=O)Nc3ccc(I)cc3)C2=O)cc1. The monoisotopic (exact) mass is 463 g/mol. The smallest absolute Gasteiger partial charge is 0.325 e. The molecule has 0 spiro atoms. The first-order chi connectivity index (χ1) is 12.3. The predicted octanol–water partition coefficient (Wildman–Crippen LogP) is 3.01. The van der Waals surface area contributed by atoms with Crippen molar-refractivity contribution in [3.8, 4) is 0 Å². The average molecular weight is 463 g/mol. The third-order valence-electron chi connectivity index (χ3n) is 4.33. The topological polar surface area (TPSA) is 78.5 Å². The van der Waals surface area contributed by atoms with Crippen LogP contribution in [0.1, 0.15) is 18.1 Å². The summed E-state index contributed by atoms with van der Waals surface area (Å²) in [5.74, 6) is -0.869. The molecule has 1 heterocycles. The largest absolute Gasteiger partial charge is 0.325 e. The van der Waals surface area contributed by atoms with Crippen LogP contribution in [-0.2, 0) is 15.1 Å². The van der Waals surface area contributed by atoms with Gasteiger partial charge in [-0.3, -0.25) is 14.5 Å². The Kier molecular flexibility index (Phi) is 4.99. The van der Waals surface area contributed by atoms with Crippen molar-refractivity contribution in [2.75, 3.05) is 11.9 Å². The summed E-state index contributed by atoms with van der Waals surface area (Å²) in [7, 11) is 0. The Morgan fingerprint density at radius 1 is 1.12 bits per heavy atom. The van der Waals surface area contributed by atoms with E-state index < -0.39 is 23.4 Å². The van der Waals surface area contributed by atoms with Crippen molar-refractivity contribution < 1.29 is 14.4 Å². The summed E-state index contributed by atoms with van der Waals surface area (Å²) < 4.78 is 1.04. The zero-order valence-electron chi connectivity index (χ0n) is 14.4. The summed E-state index contributed by atoms with van der Waals surface area (Å²) in [5, 5.41) is 5.39. The van der Waals surface area contributed by atoms with Gasteiger partial charge in [0.15, 0.2) is 0 Å². The number of carbonyl (C=O) groups excluding carboxylic acids is 3. The normalized spacial score (nSPS) is 19.4. The van der Waals surface area contributed by atoms with Gasteiger partial charge in [0.25, 0.3) is 5.91 Å². The second kappa shape index (κ2) is 7.06. The van der Waals surface area contributed by atoms with Crippen molar-refractivity contribution in [1.82, 2.24) is 10.2 Å². The minimum Gasteiger partial charge on any atom is -0.325 e. The first-order valence-electron chi connectivity index (χ1n) is 8.06. The van der Waals surface area contributed by atoms with Gasteiger partial charge >= 0.3 is 6.03 Å². The Balaban J connectivity index is 1.73. The lowest BCUT2D eigenvalue weighted by Crippen LogP contribution is -2.42. The summed E-state index contributed by atoms with van der Waals surface area (Å²) in [4.78, 5) is 38.3. The third-order valence-corrected chi connectivity index (χ3v) is 5.05. The first-order valence-corrected chi connectivity index (χ1v) is 9.14. The number of hydrogen-bond acceptors (Lipinski definition) is 3. The fraction of sp³-hybridized carbons (Fsp3) is 0.211. The van der Waals surface area contributed by atoms with Gasteiger partial charge in [0.1, 0.15) is 12.1 Å². The summed E-state index contributed by atoms with van der Waals surface area (Å²) in [5.41, 5.74) is 1.18. The molecule has 0 aliphatic carbocycles. The molecule has 1 aliphatic rings. The van der Waals surface area contributed by atoms with Crippen LogP contribution in [-0.4, -0.2) is 29.3 Å². The molecule has 1 unspecified atom stereocenters. The highest BCUT2D eigenvalue weighted by Crippen LogP contribution is 2.29. The molecule has 1 fully saturated rings. The number of nitrogens with zero attached hydrogens (tertiary/aromatic N) is 1. The highest BCUT2D eigenvalue weighted by molar-refractivity contribution is 14.1. The first kappa shape index (κ1) is 18.4. The number of rotatable bonds is 4. The van der Waals surface area contributed by atoms with Crippen LogP contribution in [0.25, 0.3) is 0 Å². The van der Waals surface area contributed by atoms with E-state index >= 15 is 0 Å². The van der Waals surface area contributed by atoms with E-state index in [4.69, 9.17) is 0 Å². The maximum atomic E-state index is 12.8. The molecule has 2 aromatic carbocycles. The minimum absolute atomic E-state index is 0.335. The number of amides is 4. The summed E-state index contributed by atoms with van der Waals surface area (Å²) in [6, 6.07) is 14.1. The summed E-state index contributed by atoms with van der Waals surface area (Å²) >= 11 is 2.17. The summed E-state index contributed by atoms with van der Waals surface area (Å²) in [6.07, 6.45) is 0. The van der Waals surface area contributed by atoms with Gasteiger partial charge in [0.05, 0.1) is 0 Å². The summed E-state index contributed by atoms with van der Waals surface area (Å²) in [6.45, 7) is 3.26. The number of urea groups is 1. The third kappa shape index (κ3) is 3.57. The Morgan fingerprint density at radius 3 is 2.35 bits per heavy atom. The van der Waals surface area contributed by atoms with Crippen LogP contribution in [0.2, 0.25) is 0 Å². The van der Waals surface area contributed by atoms with Crippen molar-refractivity contribution in [2.45, 2.75) is 19.4 Å². The molecule has 0 bridgehead atoms. The van der Waals surface area contributed by atoms with E-state index in [0.29, 0.717) is 11.3 Å². The fourth-order valence-electron chi connectivity index (χ4n) is 2.80. The van der Waals surface area contributed by atoms with Crippen LogP contribution in [0.4, 0.5) is 10.5 Å². The molecule has 0 aromatic heterocycles. The quantitative estimate of drug-likeness (QED) is 0.541. The molecule has 4 amide bonds. The lowest BCUT2D eigenvalue weighted by molar-refractivity contribution is -0.133. The van der Waals surface area contributed by atoms with Crippen LogP contribution in [0.3, 0.4) is 0 Å². The van der Waals surface area contributed by atoms with E-state index in [2.05, 4.69) is 33.2 Å². The van der Waals surface area contributed by atoms with Gasteiger partial charge in [-0.15, -0.1) is 0 Å². The maximum Gasteiger partial charge on any atom is 0.325 e. The van der Waals surface area contributed by atoms with E-state index in [-0.39, 0.29) is 6.54 Å². The lowest BCUT2D eigenvalue weighted by atomic mass is 9.91. The molecule has 6 nitrogen and oxygen atoms in total. The van der Waals surface area contributed by atoms with Crippen molar-refractivity contribution >= 4 is 46.1 Å². The van der Waals surface area contributed by atoms with Crippen molar-refractivity contribution in [2.24, 2.45) is 0 Å². The molecule has 1 saturated heterocycles. The van der Waals surface area contributed by atoms with Gasteiger partial charge < -0.3 is 10.6 Å². The number of benzene rings is 2. The van der Waals surface area contributed by atoms with Crippen molar-refractivity contribution in [3.05, 3.63) is 63.2 Å². The molecule has 2 N–H and O–H groups in total. The predicted molar refractivity (Wildman–Crippen MR) is 107 cm³/mol. The Hall–Kier alpha value is -2.42. The number of nitrogens with one attached hydrogen (secondary N) is 2. The molecule has 134 valence electrons. The number of anilines is 1. The van der Waals surface area contributed by atoms with E-state index in [0.717, 1.165) is 14.0 Å². The molecular formula is C19H18IN3O3. The minimum atomic E-state index is -1.17. The Labute approximate surface area is 165 Å². The van der Waals surface area contributed by atoms with Gasteiger partial charge in [-0.25, -0.2) is 4.79 Å². The number of imide groups is 1. The zero-order valence-corrected chi connectivity index (χ0v) is 16.5. The molecule has 1 aliphatic heterocycles. The molecule has 1 atom stereocenters. The number of aryl methyl sites for hydroxylation is 1. The highest BCUT2D eigenvalue weighted by Gasteiger charge is 2.49.